The van der Waals surface area contributed by atoms with E-state index >= 15 is 0 Å². The summed E-state index contributed by atoms with van der Waals surface area (Å²) in [4.78, 5) is 22.3. The number of benzene rings is 1. The van der Waals surface area contributed by atoms with Crippen molar-refractivity contribution in [2.75, 3.05) is 25.4 Å². The first-order valence-corrected chi connectivity index (χ1v) is 8.26. The molecule has 1 aliphatic heterocycles. The van der Waals surface area contributed by atoms with Gasteiger partial charge >= 0.3 is 0 Å². The number of hydrogen-bond donors (Lipinski definition) is 1. The highest BCUT2D eigenvalue weighted by molar-refractivity contribution is 6.32. The lowest BCUT2D eigenvalue weighted by Gasteiger charge is -2.32. The van der Waals surface area contributed by atoms with Crippen LogP contribution in [-0.2, 0) is 0 Å². The number of hydrogen-bond acceptors (Lipinski definition) is 5. The maximum absolute atomic E-state index is 12.6. The molecule has 0 bridgehead atoms. The highest BCUT2D eigenvalue weighted by Gasteiger charge is 2.27. The summed E-state index contributed by atoms with van der Waals surface area (Å²) in [6, 6.07) is 7.38. The van der Waals surface area contributed by atoms with E-state index in [9.17, 15) is 4.79 Å². The van der Waals surface area contributed by atoms with Gasteiger partial charge in [0.15, 0.2) is 11.5 Å². The Morgan fingerprint density at radius 1 is 1.33 bits per heavy atom. The van der Waals surface area contributed by atoms with E-state index in [1.54, 1.807) is 11.0 Å². The Hall–Kier alpha value is -2.34. The van der Waals surface area contributed by atoms with E-state index < -0.39 is 0 Å². The number of nitrogens with zero attached hydrogens (tertiary/aromatic N) is 3. The number of aromatic nitrogens is 2. The zero-order chi connectivity index (χ0) is 16.9. The molecular weight excluding hydrogens is 328 g/mol. The molecule has 0 aliphatic carbocycles. The minimum absolute atomic E-state index is 0.164. The van der Waals surface area contributed by atoms with Crippen molar-refractivity contribution < 1.29 is 9.53 Å². The molecule has 0 saturated carbocycles. The fourth-order valence-electron chi connectivity index (χ4n) is 2.82. The number of para-hydroxylation sites is 1. The number of piperidine rings is 1. The van der Waals surface area contributed by atoms with Crippen molar-refractivity contribution in [2.45, 2.75) is 12.8 Å². The number of nitrogen functional groups attached to an aromatic ring is 1. The summed E-state index contributed by atoms with van der Waals surface area (Å²) in [7, 11) is 0. The van der Waals surface area contributed by atoms with Crippen LogP contribution in [0.2, 0.25) is 5.02 Å². The molecule has 2 heterocycles. The molecule has 1 aromatic carbocycles. The molecule has 1 amide bonds. The van der Waals surface area contributed by atoms with E-state index in [0.29, 0.717) is 30.5 Å². The van der Waals surface area contributed by atoms with Crippen LogP contribution in [0.1, 0.15) is 23.3 Å². The topological polar surface area (TPSA) is 81.3 Å². The SMILES string of the molecule is Nc1nccnc1C(=O)N1CCC[C@@H](COc2ccccc2Cl)C1. The molecule has 1 atom stereocenters. The second-order valence-electron chi connectivity index (χ2n) is 5.79. The molecule has 2 aromatic rings. The number of likely N-dealkylation sites (tertiary alicyclic amines) is 1. The van der Waals surface area contributed by atoms with Crippen LogP contribution >= 0.6 is 11.6 Å². The molecule has 2 N–H and O–H groups in total. The van der Waals surface area contributed by atoms with Crippen molar-refractivity contribution in [2.24, 2.45) is 5.92 Å². The van der Waals surface area contributed by atoms with E-state index in [-0.39, 0.29) is 23.3 Å². The molecule has 24 heavy (non-hydrogen) atoms. The molecule has 1 aromatic heterocycles. The second kappa shape index (κ2) is 7.49. The highest BCUT2D eigenvalue weighted by atomic mass is 35.5. The fraction of sp³-hybridized carbons (Fsp3) is 0.353. The maximum atomic E-state index is 12.6. The first kappa shape index (κ1) is 16.5. The quantitative estimate of drug-likeness (QED) is 0.920. The molecule has 7 heteroatoms. The summed E-state index contributed by atoms with van der Waals surface area (Å²) in [5, 5.41) is 0.591. The van der Waals surface area contributed by atoms with Crippen LogP contribution in [0.25, 0.3) is 0 Å². The van der Waals surface area contributed by atoms with Gasteiger partial charge in [0.2, 0.25) is 0 Å². The van der Waals surface area contributed by atoms with Gasteiger partial charge in [0.1, 0.15) is 5.75 Å². The molecule has 0 spiro atoms. The first-order chi connectivity index (χ1) is 11.6. The first-order valence-electron chi connectivity index (χ1n) is 7.88. The molecule has 0 radical (unpaired) electrons. The summed E-state index contributed by atoms with van der Waals surface area (Å²) >= 11 is 6.10. The van der Waals surface area contributed by atoms with Crippen molar-refractivity contribution >= 4 is 23.3 Å². The summed E-state index contributed by atoms with van der Waals surface area (Å²) in [5.41, 5.74) is 5.97. The van der Waals surface area contributed by atoms with E-state index in [1.165, 1.54) is 12.4 Å². The van der Waals surface area contributed by atoms with Crippen LogP contribution < -0.4 is 10.5 Å². The molecular formula is C17H19ClN4O2. The Labute approximate surface area is 145 Å². The number of carbonyl (C=O) groups excluding carboxylic acids is 1. The fourth-order valence-corrected chi connectivity index (χ4v) is 3.01. The number of nitrogens with two attached hydrogens (primary N) is 1. The van der Waals surface area contributed by atoms with Gasteiger partial charge in [0, 0.05) is 31.4 Å². The Bertz CT molecular complexity index is 725. The van der Waals surface area contributed by atoms with Gasteiger partial charge in [-0.25, -0.2) is 9.97 Å². The Balaban J connectivity index is 1.61. The number of halogens is 1. The summed E-state index contributed by atoms with van der Waals surface area (Å²) in [5.74, 6) is 0.901. The maximum Gasteiger partial charge on any atom is 0.276 e. The van der Waals surface area contributed by atoms with Crippen LogP contribution in [0.5, 0.6) is 5.75 Å². The van der Waals surface area contributed by atoms with Gasteiger partial charge < -0.3 is 15.4 Å². The average Bonchev–Trinajstić information content (AvgIpc) is 2.61. The summed E-state index contributed by atoms with van der Waals surface area (Å²) < 4.78 is 5.81. The Morgan fingerprint density at radius 2 is 2.12 bits per heavy atom. The number of carbonyl (C=O) groups is 1. The zero-order valence-electron chi connectivity index (χ0n) is 13.2. The van der Waals surface area contributed by atoms with Gasteiger partial charge in [-0.3, -0.25) is 4.79 Å². The van der Waals surface area contributed by atoms with Crippen molar-refractivity contribution in [3.05, 3.63) is 47.4 Å². The summed E-state index contributed by atoms with van der Waals surface area (Å²) in [6.07, 6.45) is 4.88. The van der Waals surface area contributed by atoms with Crippen LogP contribution in [0.3, 0.4) is 0 Å². The van der Waals surface area contributed by atoms with Gasteiger partial charge in [-0.1, -0.05) is 23.7 Å². The normalized spacial score (nSPS) is 17.5. The lowest BCUT2D eigenvalue weighted by Crippen LogP contribution is -2.42. The van der Waals surface area contributed by atoms with Crippen molar-refractivity contribution in [1.82, 2.24) is 14.9 Å². The number of amides is 1. The van der Waals surface area contributed by atoms with E-state index in [1.807, 2.05) is 18.2 Å². The Morgan fingerprint density at radius 3 is 2.92 bits per heavy atom. The Kier molecular flexibility index (Phi) is 5.15. The molecule has 3 rings (SSSR count). The van der Waals surface area contributed by atoms with Gasteiger partial charge in [-0.15, -0.1) is 0 Å². The smallest absolute Gasteiger partial charge is 0.276 e. The summed E-state index contributed by atoms with van der Waals surface area (Å²) in [6.45, 7) is 1.82. The van der Waals surface area contributed by atoms with Gasteiger partial charge in [-0.2, -0.15) is 0 Å². The largest absolute Gasteiger partial charge is 0.492 e. The number of anilines is 1. The lowest BCUT2D eigenvalue weighted by molar-refractivity contribution is 0.0628. The third kappa shape index (κ3) is 3.76. The number of rotatable bonds is 4. The third-order valence-corrected chi connectivity index (χ3v) is 4.36. The van der Waals surface area contributed by atoms with E-state index in [4.69, 9.17) is 22.1 Å². The predicted octanol–water partition coefficient (Wildman–Crippen LogP) is 2.64. The van der Waals surface area contributed by atoms with E-state index in [0.717, 1.165) is 12.8 Å². The third-order valence-electron chi connectivity index (χ3n) is 4.05. The van der Waals surface area contributed by atoms with Gasteiger partial charge in [0.05, 0.1) is 11.6 Å². The van der Waals surface area contributed by atoms with Crippen molar-refractivity contribution in [3.8, 4) is 5.75 Å². The van der Waals surface area contributed by atoms with Crippen LogP contribution in [0.4, 0.5) is 5.82 Å². The second-order valence-corrected chi connectivity index (χ2v) is 6.20. The monoisotopic (exact) mass is 346 g/mol. The molecule has 1 fully saturated rings. The standard InChI is InChI=1S/C17H19ClN4O2/c18-13-5-1-2-6-14(13)24-11-12-4-3-9-22(10-12)17(23)15-16(19)21-8-7-20-15/h1-2,5-8,12H,3-4,9-11H2,(H2,19,21)/t12-/m1/s1. The molecule has 6 nitrogen and oxygen atoms in total. The van der Waals surface area contributed by atoms with Gasteiger partial charge in [-0.05, 0) is 25.0 Å². The highest BCUT2D eigenvalue weighted by Crippen LogP contribution is 2.25. The molecule has 0 unspecified atom stereocenters. The van der Waals surface area contributed by atoms with Crippen molar-refractivity contribution in [1.29, 1.82) is 0 Å². The number of ether oxygens (including phenoxy) is 1. The van der Waals surface area contributed by atoms with Crippen molar-refractivity contribution in [3.63, 3.8) is 0 Å². The van der Waals surface area contributed by atoms with Gasteiger partial charge in [0.25, 0.3) is 5.91 Å². The minimum Gasteiger partial charge on any atom is -0.492 e. The van der Waals surface area contributed by atoms with E-state index in [2.05, 4.69) is 9.97 Å². The van der Waals surface area contributed by atoms with Crippen LogP contribution in [0, 0.1) is 5.92 Å². The minimum atomic E-state index is -0.178. The molecule has 126 valence electrons. The molecule has 1 aliphatic rings. The predicted molar refractivity (Wildman–Crippen MR) is 92.0 cm³/mol. The lowest BCUT2D eigenvalue weighted by atomic mass is 9.98. The zero-order valence-corrected chi connectivity index (χ0v) is 13.9. The van der Waals surface area contributed by atoms with Crippen LogP contribution in [-0.4, -0.2) is 40.5 Å². The average molecular weight is 347 g/mol. The molecule has 1 saturated heterocycles. The van der Waals surface area contributed by atoms with Crippen LogP contribution in [0.15, 0.2) is 36.7 Å².